The van der Waals surface area contributed by atoms with Gasteiger partial charge in [-0.3, -0.25) is 14.5 Å². The van der Waals surface area contributed by atoms with Gasteiger partial charge in [-0.25, -0.2) is 4.98 Å². The molecule has 1 aliphatic carbocycles. The molecule has 1 amide bonds. The van der Waals surface area contributed by atoms with E-state index in [2.05, 4.69) is 15.1 Å². The fourth-order valence-electron chi connectivity index (χ4n) is 6.18. The lowest BCUT2D eigenvalue weighted by Crippen LogP contribution is -2.41. The number of aromatic nitrogens is 5. The van der Waals surface area contributed by atoms with Gasteiger partial charge in [0.2, 0.25) is 0 Å². The Morgan fingerprint density at radius 3 is 2.61 bits per heavy atom. The number of pyridine rings is 1. The van der Waals surface area contributed by atoms with Gasteiger partial charge in [0.15, 0.2) is 5.69 Å². The Kier molecular flexibility index (Phi) is 6.83. The lowest BCUT2D eigenvalue weighted by Gasteiger charge is -2.37. The van der Waals surface area contributed by atoms with E-state index >= 15 is 0 Å². The highest BCUT2D eigenvalue weighted by Gasteiger charge is 2.40. The number of ether oxygens (including phenoxy) is 1. The van der Waals surface area contributed by atoms with Gasteiger partial charge in [0, 0.05) is 55.5 Å². The second-order valence-corrected chi connectivity index (χ2v) is 10.8. The van der Waals surface area contributed by atoms with Gasteiger partial charge < -0.3 is 14.2 Å². The van der Waals surface area contributed by atoms with E-state index < -0.39 is 11.9 Å². The number of amides is 1. The molecule has 1 aromatic carbocycles. The number of hydrogen-bond donors (Lipinski definition) is 0. The van der Waals surface area contributed by atoms with Crippen LogP contribution in [0.25, 0.3) is 11.1 Å². The van der Waals surface area contributed by atoms with Gasteiger partial charge in [0.05, 0.1) is 19.3 Å². The van der Waals surface area contributed by atoms with E-state index in [1.54, 1.807) is 25.6 Å². The van der Waals surface area contributed by atoms with Crippen LogP contribution in [0.4, 0.5) is 13.2 Å². The van der Waals surface area contributed by atoms with Crippen molar-refractivity contribution in [3.63, 3.8) is 0 Å². The van der Waals surface area contributed by atoms with Crippen LogP contribution in [0.15, 0.2) is 43.0 Å². The summed E-state index contributed by atoms with van der Waals surface area (Å²) in [4.78, 5) is 25.1. The maximum Gasteiger partial charge on any atom is 0.435 e. The van der Waals surface area contributed by atoms with Crippen molar-refractivity contribution in [1.29, 1.82) is 0 Å². The summed E-state index contributed by atoms with van der Waals surface area (Å²) in [6.07, 6.45) is 5.90. The van der Waals surface area contributed by atoms with Gasteiger partial charge in [-0.15, -0.1) is 0 Å². The third kappa shape index (κ3) is 4.98. The first kappa shape index (κ1) is 27.0. The van der Waals surface area contributed by atoms with Gasteiger partial charge >= 0.3 is 6.18 Å². The van der Waals surface area contributed by atoms with Crippen molar-refractivity contribution < 1.29 is 22.7 Å². The lowest BCUT2D eigenvalue weighted by molar-refractivity contribution is -0.140. The van der Waals surface area contributed by atoms with Crippen LogP contribution in [0.2, 0.25) is 0 Å². The summed E-state index contributed by atoms with van der Waals surface area (Å²) >= 11 is 0. The summed E-state index contributed by atoms with van der Waals surface area (Å²) in [5.74, 6) is 1.22. The molecule has 214 valence electrons. The number of hydrogen-bond acceptors (Lipinski definition) is 5. The molecule has 2 aliphatic rings. The van der Waals surface area contributed by atoms with Gasteiger partial charge in [-0.1, -0.05) is 6.42 Å². The van der Waals surface area contributed by atoms with Crippen molar-refractivity contribution in [3.05, 3.63) is 82.5 Å². The Bertz CT molecular complexity index is 1620. The van der Waals surface area contributed by atoms with E-state index in [9.17, 15) is 18.0 Å². The van der Waals surface area contributed by atoms with Gasteiger partial charge in [-0.2, -0.15) is 18.3 Å². The number of rotatable bonds is 5. The van der Waals surface area contributed by atoms with E-state index in [1.807, 2.05) is 34.7 Å². The van der Waals surface area contributed by atoms with Crippen LogP contribution < -0.4 is 4.74 Å². The third-order valence-electron chi connectivity index (χ3n) is 8.16. The highest BCUT2D eigenvalue weighted by Crippen LogP contribution is 2.42. The van der Waals surface area contributed by atoms with Crippen molar-refractivity contribution in [2.24, 2.45) is 7.05 Å². The molecule has 41 heavy (non-hydrogen) atoms. The van der Waals surface area contributed by atoms with Crippen molar-refractivity contribution in [2.75, 3.05) is 13.7 Å². The Morgan fingerprint density at radius 1 is 1.07 bits per heavy atom. The standard InChI is InChI=1S/C30H31F3N6O2/c1-18-34-9-11-38(18)16-19-12-22(25-17-37(2)36-28(25)30(31,32)33)21-8-10-39(29(40)23(21)13-19)27-7-5-4-6-26-24(27)14-20(41-3)15-35-26/h9,11-15,17,27H,4-8,10,16H2,1-3H3/t27-/m0/s1. The third-order valence-corrected chi connectivity index (χ3v) is 8.16. The largest absolute Gasteiger partial charge is 0.495 e. The average molecular weight is 565 g/mol. The normalized spacial score (nSPS) is 17.3. The molecule has 6 rings (SSSR count). The minimum absolute atomic E-state index is 0.0181. The van der Waals surface area contributed by atoms with Crippen LogP contribution in [0, 0.1) is 6.92 Å². The molecule has 0 saturated carbocycles. The highest BCUT2D eigenvalue weighted by molar-refractivity contribution is 5.99. The first-order chi connectivity index (χ1) is 19.6. The summed E-state index contributed by atoms with van der Waals surface area (Å²) in [7, 11) is 3.07. The number of carbonyl (C=O) groups excluding carboxylic acids is 1. The summed E-state index contributed by atoms with van der Waals surface area (Å²) in [5.41, 5.74) is 3.13. The predicted octanol–water partition coefficient (Wildman–Crippen LogP) is 5.53. The number of nitrogens with zero attached hydrogens (tertiary/aromatic N) is 6. The number of imidazole rings is 1. The van der Waals surface area contributed by atoms with Gasteiger partial charge in [-0.05, 0) is 73.1 Å². The molecule has 0 radical (unpaired) electrons. The fraction of sp³-hybridized carbons (Fsp3) is 0.400. The van der Waals surface area contributed by atoms with Crippen molar-refractivity contribution in [2.45, 2.75) is 57.8 Å². The Morgan fingerprint density at radius 2 is 1.88 bits per heavy atom. The molecule has 1 atom stereocenters. The topological polar surface area (TPSA) is 78.1 Å². The monoisotopic (exact) mass is 564 g/mol. The summed E-state index contributed by atoms with van der Waals surface area (Å²) in [5, 5.41) is 3.75. The number of carbonyl (C=O) groups is 1. The number of fused-ring (bicyclic) bond motifs is 2. The number of benzene rings is 1. The van der Waals surface area contributed by atoms with Crippen LogP contribution in [0.1, 0.15) is 69.6 Å². The quantitative estimate of drug-likeness (QED) is 0.298. The summed E-state index contributed by atoms with van der Waals surface area (Å²) in [6.45, 7) is 2.62. The first-order valence-corrected chi connectivity index (χ1v) is 13.7. The predicted molar refractivity (Wildman–Crippen MR) is 146 cm³/mol. The zero-order chi connectivity index (χ0) is 28.9. The van der Waals surface area contributed by atoms with E-state index in [4.69, 9.17) is 4.74 Å². The Balaban J connectivity index is 1.48. The van der Waals surface area contributed by atoms with Crippen LogP contribution in [0.5, 0.6) is 5.75 Å². The smallest absolute Gasteiger partial charge is 0.435 e. The maximum absolute atomic E-state index is 14.3. The van der Waals surface area contributed by atoms with E-state index in [-0.39, 0.29) is 17.5 Å². The molecule has 0 spiro atoms. The fourth-order valence-corrected chi connectivity index (χ4v) is 6.18. The second kappa shape index (κ2) is 10.4. The molecule has 8 nitrogen and oxygen atoms in total. The lowest BCUT2D eigenvalue weighted by atomic mass is 9.86. The molecular formula is C30H31F3N6O2. The Hall–Kier alpha value is -4.15. The van der Waals surface area contributed by atoms with Crippen molar-refractivity contribution in [1.82, 2.24) is 29.2 Å². The number of aryl methyl sites for hydroxylation is 3. The SMILES string of the molecule is COc1cnc2c(c1)[C@@H](N1CCc3c(cc(Cn4ccnc4C)cc3-c3cn(C)nc3C(F)(F)F)C1=O)CCCC2. The molecule has 4 aromatic rings. The highest BCUT2D eigenvalue weighted by atomic mass is 19.4. The maximum atomic E-state index is 14.3. The number of alkyl halides is 3. The second-order valence-electron chi connectivity index (χ2n) is 10.8. The molecule has 0 N–H and O–H groups in total. The van der Waals surface area contributed by atoms with E-state index in [0.29, 0.717) is 42.0 Å². The Labute approximate surface area is 235 Å². The number of methoxy groups -OCH3 is 1. The minimum atomic E-state index is -4.64. The number of halogens is 3. The molecule has 0 saturated heterocycles. The molecule has 0 unspecified atom stereocenters. The van der Waals surface area contributed by atoms with E-state index in [1.165, 1.54) is 17.9 Å². The van der Waals surface area contributed by atoms with Crippen molar-refractivity contribution >= 4 is 5.91 Å². The molecule has 4 heterocycles. The molecule has 0 fully saturated rings. The summed E-state index contributed by atoms with van der Waals surface area (Å²) < 4.78 is 50.8. The molecule has 3 aromatic heterocycles. The zero-order valence-electron chi connectivity index (χ0n) is 23.2. The zero-order valence-corrected chi connectivity index (χ0v) is 23.2. The van der Waals surface area contributed by atoms with Crippen molar-refractivity contribution in [3.8, 4) is 16.9 Å². The van der Waals surface area contributed by atoms with Gasteiger partial charge in [0.25, 0.3) is 5.91 Å². The van der Waals surface area contributed by atoms with E-state index in [0.717, 1.165) is 48.3 Å². The average Bonchev–Trinajstić information content (AvgIpc) is 3.47. The molecule has 0 bridgehead atoms. The van der Waals surface area contributed by atoms with Crippen LogP contribution >= 0.6 is 0 Å². The molecular weight excluding hydrogens is 533 g/mol. The molecule has 1 aliphatic heterocycles. The van der Waals surface area contributed by atoms with Crippen LogP contribution in [0.3, 0.4) is 0 Å². The van der Waals surface area contributed by atoms with Crippen LogP contribution in [-0.2, 0) is 32.6 Å². The van der Waals surface area contributed by atoms with Crippen LogP contribution in [-0.4, -0.2) is 48.8 Å². The minimum Gasteiger partial charge on any atom is -0.495 e. The first-order valence-electron chi connectivity index (χ1n) is 13.7. The molecule has 11 heteroatoms. The van der Waals surface area contributed by atoms with Gasteiger partial charge in [0.1, 0.15) is 11.6 Å². The summed E-state index contributed by atoms with van der Waals surface area (Å²) in [6, 6.07) is 5.37.